The van der Waals surface area contributed by atoms with E-state index in [9.17, 15) is 14.7 Å². The van der Waals surface area contributed by atoms with Crippen molar-refractivity contribution in [3.63, 3.8) is 0 Å². The third kappa shape index (κ3) is 12.8. The fourth-order valence-corrected chi connectivity index (χ4v) is 0.936. The van der Waals surface area contributed by atoms with Crippen LogP contribution in [0, 0.1) is 11.3 Å². The number of aliphatic carboxylic acids is 2. The predicted octanol–water partition coefficient (Wildman–Crippen LogP) is 0.196. The van der Waals surface area contributed by atoms with Gasteiger partial charge in [0.2, 0.25) is 0 Å². The molecule has 0 bridgehead atoms. The van der Waals surface area contributed by atoms with E-state index < -0.39 is 23.3 Å². The molecule has 17 heavy (non-hydrogen) atoms. The summed E-state index contributed by atoms with van der Waals surface area (Å²) < 4.78 is 1.00. The Morgan fingerprint density at radius 3 is 1.71 bits per heavy atom. The molecule has 0 radical (unpaired) electrons. The van der Waals surface area contributed by atoms with Gasteiger partial charge in [0.15, 0.2) is 0 Å². The minimum Gasteiger partial charge on any atom is -0.550 e. The van der Waals surface area contributed by atoms with Crippen LogP contribution >= 0.6 is 0 Å². The van der Waals surface area contributed by atoms with Crippen LogP contribution in [0.1, 0.15) is 27.2 Å². The SMILES string of the molecule is CC(CC(C)(C)C(=O)O)C(=O)[O-].C[N+](C)(C)C. The first-order chi connectivity index (χ1) is 7.27. The van der Waals surface area contributed by atoms with E-state index in [1.165, 1.54) is 20.8 Å². The molecule has 5 nitrogen and oxygen atoms in total. The molecule has 0 fully saturated rings. The molecule has 0 aromatic carbocycles. The van der Waals surface area contributed by atoms with Crippen molar-refractivity contribution in [3.05, 3.63) is 0 Å². The molecule has 0 amide bonds. The number of carboxylic acids is 2. The molecule has 0 aromatic rings. The summed E-state index contributed by atoms with van der Waals surface area (Å²) in [5.74, 6) is -2.92. The van der Waals surface area contributed by atoms with Crippen molar-refractivity contribution in [1.29, 1.82) is 0 Å². The average molecular weight is 247 g/mol. The summed E-state index contributed by atoms with van der Waals surface area (Å²) in [5.41, 5.74) is -1.00. The Balaban J connectivity index is 0. The van der Waals surface area contributed by atoms with Crippen molar-refractivity contribution in [3.8, 4) is 0 Å². The predicted molar refractivity (Wildman–Crippen MR) is 64.2 cm³/mol. The minimum absolute atomic E-state index is 0.0880. The molecule has 0 saturated carbocycles. The largest absolute Gasteiger partial charge is 0.550 e. The maximum atomic E-state index is 10.6. The van der Waals surface area contributed by atoms with Crippen LogP contribution in [0.4, 0.5) is 0 Å². The van der Waals surface area contributed by atoms with Gasteiger partial charge in [-0.1, -0.05) is 6.92 Å². The average Bonchev–Trinajstić information content (AvgIpc) is 1.99. The summed E-state index contributed by atoms with van der Waals surface area (Å²) in [4.78, 5) is 20.9. The quantitative estimate of drug-likeness (QED) is 0.720. The van der Waals surface area contributed by atoms with Gasteiger partial charge in [-0.3, -0.25) is 4.79 Å². The lowest BCUT2D eigenvalue weighted by atomic mass is 9.83. The number of hydrogen-bond donors (Lipinski definition) is 1. The molecule has 0 spiro atoms. The first-order valence-electron chi connectivity index (χ1n) is 5.50. The molecule has 0 aliphatic heterocycles. The van der Waals surface area contributed by atoms with E-state index in [1.54, 1.807) is 0 Å². The molecule has 1 unspecified atom stereocenters. The van der Waals surface area contributed by atoms with Crippen LogP contribution in [-0.2, 0) is 9.59 Å². The van der Waals surface area contributed by atoms with Crippen LogP contribution in [0.2, 0.25) is 0 Å². The highest BCUT2D eigenvalue weighted by Gasteiger charge is 2.29. The lowest BCUT2D eigenvalue weighted by molar-refractivity contribution is -0.849. The Bertz CT molecular complexity index is 260. The summed E-state index contributed by atoms with van der Waals surface area (Å²) in [6.07, 6.45) is 0.0880. The Hall–Kier alpha value is -1.10. The molecule has 102 valence electrons. The number of carbonyl (C=O) groups excluding carboxylic acids is 1. The molecule has 5 heteroatoms. The number of carboxylic acid groups (broad SMARTS) is 2. The van der Waals surface area contributed by atoms with Crippen molar-refractivity contribution in [2.24, 2.45) is 11.3 Å². The number of quaternary nitrogens is 1. The topological polar surface area (TPSA) is 77.4 Å². The van der Waals surface area contributed by atoms with Crippen molar-refractivity contribution < 1.29 is 24.3 Å². The number of carbonyl (C=O) groups is 2. The van der Waals surface area contributed by atoms with Crippen LogP contribution in [0.3, 0.4) is 0 Å². The fraction of sp³-hybridized carbons (Fsp3) is 0.833. The Kier molecular flexibility index (Phi) is 7.08. The molecule has 1 atom stereocenters. The Morgan fingerprint density at radius 1 is 1.24 bits per heavy atom. The zero-order valence-corrected chi connectivity index (χ0v) is 11.9. The van der Waals surface area contributed by atoms with Crippen LogP contribution in [-0.4, -0.2) is 49.7 Å². The lowest BCUT2D eigenvalue weighted by Crippen LogP contribution is -2.35. The molecule has 1 N–H and O–H groups in total. The number of hydrogen-bond acceptors (Lipinski definition) is 3. The Labute approximate surface area is 104 Å². The third-order valence-corrected chi connectivity index (χ3v) is 1.80. The van der Waals surface area contributed by atoms with Gasteiger partial charge in [-0.05, 0) is 26.2 Å². The van der Waals surface area contributed by atoms with Crippen LogP contribution in [0.25, 0.3) is 0 Å². The molecule has 0 aliphatic carbocycles. The van der Waals surface area contributed by atoms with Crippen LogP contribution in [0.15, 0.2) is 0 Å². The first kappa shape index (κ1) is 18.3. The van der Waals surface area contributed by atoms with E-state index in [0.717, 1.165) is 4.48 Å². The van der Waals surface area contributed by atoms with Crippen molar-refractivity contribution >= 4 is 11.9 Å². The molecular formula is C12H25NO4. The number of nitrogens with zero attached hydrogens (tertiary/aromatic N) is 1. The van der Waals surface area contributed by atoms with E-state index in [-0.39, 0.29) is 6.42 Å². The molecule has 0 rings (SSSR count). The third-order valence-electron chi connectivity index (χ3n) is 1.80. The highest BCUT2D eigenvalue weighted by atomic mass is 16.4. The summed E-state index contributed by atoms with van der Waals surface area (Å²) in [7, 11) is 8.50. The van der Waals surface area contributed by atoms with Crippen LogP contribution < -0.4 is 5.11 Å². The summed E-state index contributed by atoms with van der Waals surface area (Å²) >= 11 is 0. The van der Waals surface area contributed by atoms with Gasteiger partial charge in [0.1, 0.15) is 0 Å². The second-order valence-electron chi connectivity index (χ2n) is 6.30. The van der Waals surface area contributed by atoms with E-state index in [4.69, 9.17) is 5.11 Å². The van der Waals surface area contributed by atoms with E-state index in [1.807, 2.05) is 0 Å². The highest BCUT2D eigenvalue weighted by molar-refractivity contribution is 5.75. The van der Waals surface area contributed by atoms with Crippen molar-refractivity contribution in [2.75, 3.05) is 28.2 Å². The molecule has 0 heterocycles. The summed E-state index contributed by atoms with van der Waals surface area (Å²) in [5, 5.41) is 19.0. The van der Waals surface area contributed by atoms with Gasteiger partial charge in [-0.25, -0.2) is 0 Å². The maximum absolute atomic E-state index is 10.6. The Morgan fingerprint density at radius 2 is 1.53 bits per heavy atom. The lowest BCUT2D eigenvalue weighted by Gasteiger charge is -2.23. The van der Waals surface area contributed by atoms with E-state index in [2.05, 4.69) is 28.2 Å². The monoisotopic (exact) mass is 247 g/mol. The zero-order chi connectivity index (χ0) is 14.4. The second-order valence-corrected chi connectivity index (χ2v) is 6.30. The molecular weight excluding hydrogens is 222 g/mol. The van der Waals surface area contributed by atoms with E-state index in [0.29, 0.717) is 0 Å². The smallest absolute Gasteiger partial charge is 0.309 e. The number of rotatable bonds is 4. The molecule has 0 aromatic heterocycles. The van der Waals surface area contributed by atoms with Gasteiger partial charge >= 0.3 is 5.97 Å². The van der Waals surface area contributed by atoms with Gasteiger partial charge < -0.3 is 19.5 Å². The van der Waals surface area contributed by atoms with Gasteiger partial charge in [0.05, 0.1) is 33.6 Å². The summed E-state index contributed by atoms with van der Waals surface area (Å²) in [6.45, 7) is 4.43. The van der Waals surface area contributed by atoms with Gasteiger partial charge in [-0.15, -0.1) is 0 Å². The fourth-order valence-electron chi connectivity index (χ4n) is 0.936. The molecule has 0 saturated heterocycles. The molecule has 0 aliphatic rings. The van der Waals surface area contributed by atoms with E-state index >= 15 is 0 Å². The minimum atomic E-state index is -1.20. The van der Waals surface area contributed by atoms with Gasteiger partial charge in [0, 0.05) is 5.97 Å². The highest BCUT2D eigenvalue weighted by Crippen LogP contribution is 2.25. The van der Waals surface area contributed by atoms with Gasteiger partial charge in [-0.2, -0.15) is 0 Å². The second kappa shape index (κ2) is 6.59. The summed E-state index contributed by atoms with van der Waals surface area (Å²) in [6, 6.07) is 0. The van der Waals surface area contributed by atoms with Gasteiger partial charge in [0.25, 0.3) is 0 Å². The maximum Gasteiger partial charge on any atom is 0.309 e. The standard InChI is InChI=1S/C8H14O4.C4H12N/c1-5(6(9)10)4-8(2,3)7(11)12;1-5(2,3)4/h5H,4H2,1-3H3,(H,9,10)(H,11,12);1-4H3/q;+1/p-1. The normalized spacial score (nSPS) is 13.4. The van der Waals surface area contributed by atoms with Crippen LogP contribution in [0.5, 0.6) is 0 Å². The van der Waals surface area contributed by atoms with Crippen molar-refractivity contribution in [1.82, 2.24) is 0 Å². The van der Waals surface area contributed by atoms with Crippen molar-refractivity contribution in [2.45, 2.75) is 27.2 Å². The zero-order valence-electron chi connectivity index (χ0n) is 11.9. The first-order valence-corrected chi connectivity index (χ1v) is 5.50.